The summed E-state index contributed by atoms with van der Waals surface area (Å²) >= 11 is 0. The van der Waals surface area contributed by atoms with Crippen molar-refractivity contribution in [3.05, 3.63) is 59.7 Å². The minimum atomic E-state index is -0.447. The van der Waals surface area contributed by atoms with Crippen molar-refractivity contribution in [2.45, 2.75) is 58.3 Å². The number of hydrogen-bond acceptors (Lipinski definition) is 4. The van der Waals surface area contributed by atoms with E-state index in [-0.39, 0.29) is 0 Å². The van der Waals surface area contributed by atoms with Gasteiger partial charge in [-0.3, -0.25) is 0 Å². The number of nitrogens with zero attached hydrogens (tertiary/aromatic N) is 1. The molecule has 0 amide bonds. The van der Waals surface area contributed by atoms with Crippen LogP contribution in [0.2, 0.25) is 0 Å². The zero-order chi connectivity index (χ0) is 20.0. The number of carbonyl (C=O) groups excluding carboxylic acids is 1. The van der Waals surface area contributed by atoms with E-state index in [1.54, 1.807) is 36.4 Å². The van der Waals surface area contributed by atoms with Crippen LogP contribution in [-0.4, -0.2) is 12.6 Å². The van der Waals surface area contributed by atoms with Gasteiger partial charge in [0, 0.05) is 0 Å². The molecule has 0 aliphatic rings. The Morgan fingerprint density at radius 3 is 2.00 bits per heavy atom. The van der Waals surface area contributed by atoms with Crippen molar-refractivity contribution in [3.8, 4) is 17.6 Å². The molecular formula is C24H29NO3. The van der Waals surface area contributed by atoms with Crippen molar-refractivity contribution >= 4 is 5.97 Å². The summed E-state index contributed by atoms with van der Waals surface area (Å²) < 4.78 is 11.1. The molecule has 0 atom stereocenters. The van der Waals surface area contributed by atoms with Crippen LogP contribution in [0.25, 0.3) is 0 Å². The molecule has 0 bridgehead atoms. The summed E-state index contributed by atoms with van der Waals surface area (Å²) in [5.41, 5.74) is 0.920. The number of hydrogen-bond donors (Lipinski definition) is 0. The number of esters is 1. The minimum absolute atomic E-state index is 0.411. The van der Waals surface area contributed by atoms with E-state index < -0.39 is 5.97 Å². The van der Waals surface area contributed by atoms with Crippen LogP contribution in [0.1, 0.15) is 74.2 Å². The highest BCUT2D eigenvalue weighted by atomic mass is 16.5. The molecule has 4 heteroatoms. The zero-order valence-electron chi connectivity index (χ0n) is 16.7. The van der Waals surface area contributed by atoms with Gasteiger partial charge < -0.3 is 9.47 Å². The number of unbranched alkanes of at least 4 members (excludes halogenated alkanes) is 7. The lowest BCUT2D eigenvalue weighted by molar-refractivity contribution is 0.0734. The SMILES string of the molecule is CCCCCCCCCCOc1ccc(OC(=O)c2ccc(C#N)cc2)cc1. The molecule has 2 aromatic carbocycles. The van der Waals surface area contributed by atoms with Crippen molar-refractivity contribution < 1.29 is 14.3 Å². The summed E-state index contributed by atoms with van der Waals surface area (Å²) in [5, 5.41) is 8.79. The average Bonchev–Trinajstić information content (AvgIpc) is 2.73. The third-order valence-electron chi connectivity index (χ3n) is 4.55. The summed E-state index contributed by atoms with van der Waals surface area (Å²) in [6, 6.07) is 15.5. The summed E-state index contributed by atoms with van der Waals surface area (Å²) in [5.74, 6) is 0.798. The highest BCUT2D eigenvalue weighted by molar-refractivity contribution is 5.91. The molecule has 2 rings (SSSR count). The first-order valence-corrected chi connectivity index (χ1v) is 10.2. The first-order valence-electron chi connectivity index (χ1n) is 10.2. The Kier molecular flexibility index (Phi) is 9.65. The van der Waals surface area contributed by atoms with Gasteiger partial charge in [-0.25, -0.2) is 4.79 Å². The molecule has 0 heterocycles. The maximum Gasteiger partial charge on any atom is 0.343 e. The predicted octanol–water partition coefficient (Wildman–Crippen LogP) is 6.30. The molecule has 2 aromatic rings. The van der Waals surface area contributed by atoms with Gasteiger partial charge in [0.1, 0.15) is 11.5 Å². The molecule has 0 unspecified atom stereocenters. The first-order chi connectivity index (χ1) is 13.7. The summed E-state index contributed by atoms with van der Waals surface area (Å²) in [6.45, 7) is 2.95. The molecule has 0 fully saturated rings. The van der Waals surface area contributed by atoms with Crippen LogP contribution in [0.15, 0.2) is 48.5 Å². The fourth-order valence-electron chi connectivity index (χ4n) is 2.88. The van der Waals surface area contributed by atoms with Gasteiger partial charge in [0.2, 0.25) is 0 Å². The van der Waals surface area contributed by atoms with Crippen LogP contribution in [0, 0.1) is 11.3 Å². The van der Waals surface area contributed by atoms with Crippen molar-refractivity contribution in [3.63, 3.8) is 0 Å². The van der Waals surface area contributed by atoms with Gasteiger partial charge in [0.15, 0.2) is 0 Å². The van der Waals surface area contributed by atoms with Crippen LogP contribution in [0.4, 0.5) is 0 Å². The zero-order valence-corrected chi connectivity index (χ0v) is 16.7. The maximum atomic E-state index is 12.1. The molecule has 0 saturated heterocycles. The number of ether oxygens (including phenoxy) is 2. The standard InChI is InChI=1S/C24H29NO3/c1-2-3-4-5-6-7-8-9-18-27-22-14-16-23(17-15-22)28-24(26)21-12-10-20(19-25)11-13-21/h10-17H,2-9,18H2,1H3. The highest BCUT2D eigenvalue weighted by Crippen LogP contribution is 2.19. The van der Waals surface area contributed by atoms with Crippen molar-refractivity contribution in [1.82, 2.24) is 0 Å². The Balaban J connectivity index is 1.65. The van der Waals surface area contributed by atoms with E-state index in [1.165, 1.54) is 44.9 Å². The average molecular weight is 380 g/mol. The Bertz CT molecular complexity index is 745. The monoisotopic (exact) mass is 379 g/mol. The molecule has 0 saturated carbocycles. The third-order valence-corrected chi connectivity index (χ3v) is 4.55. The van der Waals surface area contributed by atoms with Gasteiger partial charge in [-0.1, -0.05) is 51.9 Å². The second-order valence-electron chi connectivity index (χ2n) is 6.87. The lowest BCUT2D eigenvalue weighted by atomic mass is 10.1. The van der Waals surface area contributed by atoms with Crippen LogP contribution < -0.4 is 9.47 Å². The quantitative estimate of drug-likeness (QED) is 0.247. The van der Waals surface area contributed by atoms with E-state index in [9.17, 15) is 4.79 Å². The predicted molar refractivity (Wildman–Crippen MR) is 111 cm³/mol. The summed E-state index contributed by atoms with van der Waals surface area (Å²) in [7, 11) is 0. The van der Waals surface area contributed by atoms with Crippen molar-refractivity contribution in [2.75, 3.05) is 6.61 Å². The number of benzene rings is 2. The van der Waals surface area contributed by atoms with E-state index in [4.69, 9.17) is 14.7 Å². The molecule has 148 valence electrons. The lowest BCUT2D eigenvalue weighted by Crippen LogP contribution is -2.08. The number of nitriles is 1. The molecule has 0 aliphatic heterocycles. The molecule has 28 heavy (non-hydrogen) atoms. The van der Waals surface area contributed by atoms with Gasteiger partial charge in [0.05, 0.1) is 23.8 Å². The number of rotatable bonds is 12. The van der Waals surface area contributed by atoms with Crippen LogP contribution in [-0.2, 0) is 0 Å². The topological polar surface area (TPSA) is 59.3 Å². The lowest BCUT2D eigenvalue weighted by Gasteiger charge is -2.08. The normalized spacial score (nSPS) is 10.3. The second-order valence-corrected chi connectivity index (χ2v) is 6.87. The van der Waals surface area contributed by atoms with Crippen LogP contribution in [0.5, 0.6) is 11.5 Å². The summed E-state index contributed by atoms with van der Waals surface area (Å²) in [4.78, 5) is 12.1. The van der Waals surface area contributed by atoms with Crippen LogP contribution >= 0.6 is 0 Å². The van der Waals surface area contributed by atoms with Gasteiger partial charge in [-0.15, -0.1) is 0 Å². The smallest absolute Gasteiger partial charge is 0.343 e. The van der Waals surface area contributed by atoms with E-state index in [0.717, 1.165) is 12.2 Å². The Morgan fingerprint density at radius 1 is 0.821 bits per heavy atom. The Labute approximate surface area is 168 Å². The molecule has 0 aromatic heterocycles. The fourth-order valence-corrected chi connectivity index (χ4v) is 2.88. The van der Waals surface area contributed by atoms with Crippen molar-refractivity contribution in [2.24, 2.45) is 0 Å². The largest absolute Gasteiger partial charge is 0.494 e. The fraction of sp³-hybridized carbons (Fsp3) is 0.417. The first kappa shape index (κ1) is 21.5. The van der Waals surface area contributed by atoms with E-state index in [2.05, 4.69) is 6.92 Å². The Hall–Kier alpha value is -2.80. The molecule has 0 N–H and O–H groups in total. The number of carbonyl (C=O) groups is 1. The van der Waals surface area contributed by atoms with Crippen LogP contribution in [0.3, 0.4) is 0 Å². The van der Waals surface area contributed by atoms with Gasteiger partial charge >= 0.3 is 5.97 Å². The van der Waals surface area contributed by atoms with Gasteiger partial charge in [-0.05, 0) is 55.0 Å². The Morgan fingerprint density at radius 2 is 1.39 bits per heavy atom. The van der Waals surface area contributed by atoms with E-state index >= 15 is 0 Å². The van der Waals surface area contributed by atoms with Crippen molar-refractivity contribution in [1.29, 1.82) is 5.26 Å². The maximum absolute atomic E-state index is 12.1. The minimum Gasteiger partial charge on any atom is -0.494 e. The van der Waals surface area contributed by atoms with E-state index in [1.807, 2.05) is 18.2 Å². The molecule has 0 spiro atoms. The summed E-state index contributed by atoms with van der Waals surface area (Å²) in [6.07, 6.45) is 10.2. The molecular weight excluding hydrogens is 350 g/mol. The molecule has 0 radical (unpaired) electrons. The highest BCUT2D eigenvalue weighted by Gasteiger charge is 2.08. The van der Waals surface area contributed by atoms with E-state index in [0.29, 0.717) is 23.5 Å². The molecule has 4 nitrogen and oxygen atoms in total. The van der Waals surface area contributed by atoms with Gasteiger partial charge in [-0.2, -0.15) is 5.26 Å². The van der Waals surface area contributed by atoms with Gasteiger partial charge in [0.25, 0.3) is 0 Å². The third kappa shape index (κ3) is 7.84. The second kappa shape index (κ2) is 12.6. The molecule has 0 aliphatic carbocycles.